The maximum absolute atomic E-state index is 14.3. The number of benzene rings is 1. The lowest BCUT2D eigenvalue weighted by Gasteiger charge is -2.44. The number of carbonyl (C=O) groups excluding carboxylic acids is 4. The van der Waals surface area contributed by atoms with Gasteiger partial charge in [-0.3, -0.25) is 19.2 Å². The highest BCUT2D eigenvalue weighted by Gasteiger charge is 2.64. The lowest BCUT2D eigenvalue weighted by atomic mass is 9.55. The van der Waals surface area contributed by atoms with Crippen molar-refractivity contribution in [3.8, 4) is 0 Å². The van der Waals surface area contributed by atoms with Crippen LogP contribution in [0.3, 0.4) is 0 Å². The van der Waals surface area contributed by atoms with Crippen LogP contribution in [0, 0.1) is 29.1 Å². The first kappa shape index (κ1) is 28.5. The van der Waals surface area contributed by atoms with Gasteiger partial charge in [0.25, 0.3) is 0 Å². The van der Waals surface area contributed by atoms with Gasteiger partial charge in [-0.15, -0.1) is 0 Å². The van der Waals surface area contributed by atoms with Crippen LogP contribution in [0.4, 0.5) is 0 Å². The summed E-state index contributed by atoms with van der Waals surface area (Å²) >= 11 is 0. The predicted octanol–water partition coefficient (Wildman–Crippen LogP) is 5.19. The minimum absolute atomic E-state index is 0.0453. The molecule has 1 fully saturated rings. The Morgan fingerprint density at radius 1 is 1.05 bits per heavy atom. The number of hydrogen-bond donors (Lipinski definition) is 2. The van der Waals surface area contributed by atoms with Crippen LogP contribution < -0.4 is 5.32 Å². The maximum Gasteiger partial charge on any atom is 0.303 e. The Hall–Kier alpha value is -4.00. The summed E-state index contributed by atoms with van der Waals surface area (Å²) in [4.78, 5) is 56.8. The van der Waals surface area contributed by atoms with Gasteiger partial charge in [0.1, 0.15) is 5.41 Å². The fourth-order valence-corrected chi connectivity index (χ4v) is 7.14. The highest BCUT2D eigenvalue weighted by atomic mass is 16.5. The van der Waals surface area contributed by atoms with Gasteiger partial charge in [0.05, 0.1) is 0 Å². The molecule has 0 saturated carbocycles. The standard InChI is InChI=1S/C34H38N2O5/c1-19-9-8-10-25-16-20(2)22(4)31-28(17-24-18-35-27-12-7-6-11-26(24)27)36-33(40)34(25,31)30(39)14-13-29(38)32(21(3)15-19)41-23(5)37/h6-8,10-16,18-19,22,25,28,31-32,35H,9,17H2,1-5H3,(H,36,40)/b10-8+,14-13+,21-15+/t19-,22+,25-,28-,31-,32+,34+/m0/s1. The first-order valence-corrected chi connectivity index (χ1v) is 14.4. The minimum atomic E-state index is -1.40. The minimum Gasteiger partial charge on any atom is -0.450 e. The molecular formula is C34H38N2O5. The quantitative estimate of drug-likeness (QED) is 0.309. The second-order valence-electron chi connectivity index (χ2n) is 11.9. The number of aromatic amines is 1. The summed E-state index contributed by atoms with van der Waals surface area (Å²) in [6, 6.07) is 7.77. The van der Waals surface area contributed by atoms with Gasteiger partial charge >= 0.3 is 5.97 Å². The Kier molecular flexibility index (Phi) is 7.73. The van der Waals surface area contributed by atoms with Crippen LogP contribution in [0.15, 0.2) is 78.1 Å². The summed E-state index contributed by atoms with van der Waals surface area (Å²) in [5.74, 6) is -2.60. The predicted molar refractivity (Wildman–Crippen MR) is 158 cm³/mol. The van der Waals surface area contributed by atoms with Crippen LogP contribution in [0.2, 0.25) is 0 Å². The second kappa shape index (κ2) is 11.1. The summed E-state index contributed by atoms with van der Waals surface area (Å²) < 4.78 is 5.36. The van der Waals surface area contributed by atoms with Crippen molar-refractivity contribution in [3.63, 3.8) is 0 Å². The molecule has 1 aromatic heterocycles. The van der Waals surface area contributed by atoms with E-state index in [1.807, 2.05) is 55.6 Å². The van der Waals surface area contributed by atoms with E-state index in [2.05, 4.69) is 30.2 Å². The number of nitrogens with one attached hydrogen (secondary N) is 2. The summed E-state index contributed by atoms with van der Waals surface area (Å²) in [5.41, 5.74) is 2.45. The number of ketones is 2. The number of ether oxygens (including phenoxy) is 1. The van der Waals surface area contributed by atoms with Gasteiger partial charge in [-0.05, 0) is 67.9 Å². The molecule has 41 heavy (non-hydrogen) atoms. The Morgan fingerprint density at radius 2 is 1.80 bits per heavy atom. The molecular weight excluding hydrogens is 516 g/mol. The van der Waals surface area contributed by atoms with Crippen molar-refractivity contribution < 1.29 is 23.9 Å². The van der Waals surface area contributed by atoms with E-state index < -0.39 is 35.0 Å². The SMILES string of the molecule is CC(=O)O[C@H]1C(=O)/C=C/C(=O)[C@@]23C(=O)N[C@@H](Cc4c[nH]c5ccccc45)[C@@H]2[C@H](C)C(C)=C[C@@H]3/C=C/C[C@H](C)/C=C/1C. The third-order valence-corrected chi connectivity index (χ3v) is 9.15. The van der Waals surface area contributed by atoms with E-state index in [1.165, 1.54) is 19.1 Å². The molecule has 7 heteroatoms. The van der Waals surface area contributed by atoms with Crippen molar-refractivity contribution >= 4 is 34.3 Å². The average Bonchev–Trinajstić information content (AvgIpc) is 3.46. The first-order valence-electron chi connectivity index (χ1n) is 14.4. The van der Waals surface area contributed by atoms with Crippen molar-refractivity contribution in [2.45, 2.75) is 59.6 Å². The molecule has 7 nitrogen and oxygen atoms in total. The number of allylic oxidation sites excluding steroid dienone is 6. The zero-order valence-electron chi connectivity index (χ0n) is 24.3. The number of rotatable bonds is 3. The molecule has 0 bridgehead atoms. The number of esters is 1. The molecule has 5 rings (SSSR count). The van der Waals surface area contributed by atoms with E-state index in [-0.39, 0.29) is 29.7 Å². The van der Waals surface area contributed by atoms with Gasteiger partial charge in [0.2, 0.25) is 11.7 Å². The van der Waals surface area contributed by atoms with Gasteiger partial charge < -0.3 is 15.0 Å². The number of aromatic nitrogens is 1. The fourth-order valence-electron chi connectivity index (χ4n) is 7.14. The highest BCUT2D eigenvalue weighted by Crippen LogP contribution is 2.54. The number of hydrogen-bond acceptors (Lipinski definition) is 5. The maximum atomic E-state index is 14.3. The van der Waals surface area contributed by atoms with Crippen molar-refractivity contribution in [1.82, 2.24) is 10.3 Å². The van der Waals surface area contributed by atoms with Gasteiger partial charge in [-0.25, -0.2) is 0 Å². The van der Waals surface area contributed by atoms with Crippen molar-refractivity contribution in [3.05, 3.63) is 83.6 Å². The Morgan fingerprint density at radius 3 is 2.56 bits per heavy atom. The Balaban J connectivity index is 1.60. The van der Waals surface area contributed by atoms with Crippen LogP contribution in [0.25, 0.3) is 10.9 Å². The number of fused-ring (bicyclic) bond motifs is 1. The monoisotopic (exact) mass is 554 g/mol. The second-order valence-corrected chi connectivity index (χ2v) is 11.9. The molecule has 2 N–H and O–H groups in total. The van der Waals surface area contributed by atoms with Crippen LogP contribution in [-0.2, 0) is 30.3 Å². The first-order chi connectivity index (χ1) is 19.5. The lowest BCUT2D eigenvalue weighted by Crippen LogP contribution is -2.52. The number of amides is 1. The van der Waals surface area contributed by atoms with Gasteiger partial charge in [-0.2, -0.15) is 0 Å². The molecule has 1 amide bonds. The number of carbonyl (C=O) groups is 4. The summed E-state index contributed by atoms with van der Waals surface area (Å²) in [6.07, 6.45) is 12.5. The van der Waals surface area contributed by atoms with E-state index in [9.17, 15) is 19.2 Å². The molecule has 2 aromatic rings. The zero-order chi connectivity index (χ0) is 29.5. The highest BCUT2D eigenvalue weighted by molar-refractivity contribution is 6.15. The lowest BCUT2D eigenvalue weighted by molar-refractivity contribution is -0.149. The van der Waals surface area contributed by atoms with Crippen molar-refractivity contribution in [1.29, 1.82) is 0 Å². The molecule has 2 aliphatic carbocycles. The molecule has 3 aliphatic rings. The Bertz CT molecular complexity index is 1520. The van der Waals surface area contributed by atoms with Crippen molar-refractivity contribution in [2.75, 3.05) is 0 Å². The normalized spacial score (nSPS) is 35.0. The summed E-state index contributed by atoms with van der Waals surface area (Å²) in [6.45, 7) is 9.17. The number of para-hydroxylation sites is 1. The van der Waals surface area contributed by atoms with Crippen molar-refractivity contribution in [2.24, 2.45) is 29.1 Å². The van der Waals surface area contributed by atoms with Gasteiger partial charge in [0, 0.05) is 41.9 Å². The van der Waals surface area contributed by atoms with Crippen LogP contribution in [-0.4, -0.2) is 40.6 Å². The molecule has 0 radical (unpaired) electrons. The van der Waals surface area contributed by atoms with Crippen LogP contribution in [0.5, 0.6) is 0 Å². The molecule has 7 atom stereocenters. The molecule has 0 unspecified atom stereocenters. The fraction of sp³-hybridized carbons (Fsp3) is 0.412. The van der Waals surface area contributed by atoms with E-state index in [4.69, 9.17) is 4.74 Å². The largest absolute Gasteiger partial charge is 0.450 e. The molecule has 1 aliphatic heterocycles. The molecule has 1 spiro atoms. The summed E-state index contributed by atoms with van der Waals surface area (Å²) in [5, 5.41) is 4.31. The van der Waals surface area contributed by atoms with E-state index in [0.717, 1.165) is 22.0 Å². The molecule has 2 heterocycles. The van der Waals surface area contributed by atoms with Crippen LogP contribution in [0.1, 0.15) is 46.6 Å². The zero-order valence-corrected chi connectivity index (χ0v) is 24.3. The summed E-state index contributed by atoms with van der Waals surface area (Å²) in [7, 11) is 0. The van der Waals surface area contributed by atoms with E-state index in [1.54, 1.807) is 6.92 Å². The smallest absolute Gasteiger partial charge is 0.303 e. The molecule has 1 aromatic carbocycles. The van der Waals surface area contributed by atoms with E-state index >= 15 is 0 Å². The van der Waals surface area contributed by atoms with Gasteiger partial charge in [0.15, 0.2) is 11.9 Å². The van der Waals surface area contributed by atoms with Gasteiger partial charge in [-0.1, -0.05) is 61.9 Å². The third kappa shape index (κ3) is 5.03. The molecule has 1 saturated heterocycles. The molecule has 214 valence electrons. The average molecular weight is 555 g/mol. The topological polar surface area (TPSA) is 105 Å². The van der Waals surface area contributed by atoms with Crippen LogP contribution >= 0.6 is 0 Å². The number of H-pyrrole nitrogens is 1. The van der Waals surface area contributed by atoms with E-state index in [0.29, 0.717) is 18.4 Å². The Labute approximate surface area is 240 Å². The third-order valence-electron chi connectivity index (χ3n) is 9.15.